The quantitative estimate of drug-likeness (QED) is 0.480. The van der Waals surface area contributed by atoms with Gasteiger partial charge in [-0.2, -0.15) is 0 Å². The molecule has 2 aromatic carbocycles. The van der Waals surface area contributed by atoms with Crippen molar-refractivity contribution in [3.63, 3.8) is 0 Å². The topological polar surface area (TPSA) is 107 Å². The van der Waals surface area contributed by atoms with Crippen LogP contribution >= 0.6 is 11.6 Å². The number of halogens is 1. The summed E-state index contributed by atoms with van der Waals surface area (Å²) in [6.45, 7) is 0.837. The predicted octanol–water partition coefficient (Wildman–Crippen LogP) is 4.10. The fourth-order valence-corrected chi connectivity index (χ4v) is 5.30. The van der Waals surface area contributed by atoms with Crippen molar-refractivity contribution in [1.29, 1.82) is 0 Å². The molecule has 1 aliphatic rings. The standard InChI is InChI=1S/C21H26ClN3O4S/c1-24(13-3-4-15-7-9-16(22)10-8-15)20-6-2-5-18(20)19-14-17(25(26)27)11-12-21(19)30(23,28)29/h7-12,14,18,20H,2-6,13H2,1H3,(H2,23,28,29). The summed E-state index contributed by atoms with van der Waals surface area (Å²) >= 11 is 5.93. The number of nitro benzene ring substituents is 1. The third kappa shape index (κ3) is 5.37. The number of hydrogen-bond acceptors (Lipinski definition) is 5. The maximum Gasteiger partial charge on any atom is 0.269 e. The number of nitrogens with zero attached hydrogens (tertiary/aromatic N) is 2. The summed E-state index contributed by atoms with van der Waals surface area (Å²) in [6.07, 6.45) is 4.48. The minimum atomic E-state index is -3.97. The Labute approximate surface area is 182 Å². The molecule has 0 aliphatic heterocycles. The fraction of sp³-hybridized carbons (Fsp3) is 0.429. The number of aryl methyl sites for hydroxylation is 1. The predicted molar refractivity (Wildman–Crippen MR) is 117 cm³/mol. The lowest BCUT2D eigenvalue weighted by Gasteiger charge is -2.30. The van der Waals surface area contributed by atoms with Gasteiger partial charge in [0.2, 0.25) is 10.0 Å². The lowest BCUT2D eigenvalue weighted by Crippen LogP contribution is -2.35. The van der Waals surface area contributed by atoms with Crippen molar-refractivity contribution in [1.82, 2.24) is 4.90 Å². The van der Waals surface area contributed by atoms with Gasteiger partial charge in [-0.15, -0.1) is 0 Å². The van der Waals surface area contributed by atoms with Crippen molar-refractivity contribution in [3.8, 4) is 0 Å². The lowest BCUT2D eigenvalue weighted by atomic mass is 9.92. The summed E-state index contributed by atoms with van der Waals surface area (Å²) in [5, 5.41) is 17.4. The van der Waals surface area contributed by atoms with Crippen molar-refractivity contribution < 1.29 is 13.3 Å². The maximum absolute atomic E-state index is 12.1. The van der Waals surface area contributed by atoms with Gasteiger partial charge in [0.1, 0.15) is 0 Å². The van der Waals surface area contributed by atoms with Gasteiger partial charge in [0.25, 0.3) is 5.69 Å². The van der Waals surface area contributed by atoms with Gasteiger partial charge in [-0.1, -0.05) is 30.2 Å². The van der Waals surface area contributed by atoms with Crippen LogP contribution in [0.4, 0.5) is 5.69 Å². The maximum atomic E-state index is 12.1. The van der Waals surface area contributed by atoms with Gasteiger partial charge in [0.15, 0.2) is 0 Å². The normalized spacial score (nSPS) is 19.3. The molecule has 162 valence electrons. The number of nitrogens with two attached hydrogens (primary N) is 1. The first-order valence-corrected chi connectivity index (χ1v) is 11.8. The smallest absolute Gasteiger partial charge is 0.269 e. The highest BCUT2D eigenvalue weighted by atomic mass is 35.5. The second-order valence-electron chi connectivity index (χ2n) is 7.84. The van der Waals surface area contributed by atoms with Crippen LogP contribution in [0, 0.1) is 10.1 Å². The molecular weight excluding hydrogens is 426 g/mol. The Morgan fingerprint density at radius 2 is 1.90 bits per heavy atom. The first-order chi connectivity index (χ1) is 14.2. The molecule has 0 heterocycles. The molecule has 1 saturated carbocycles. The fourth-order valence-electron chi connectivity index (χ4n) is 4.38. The van der Waals surface area contributed by atoms with Crippen LogP contribution in [0.3, 0.4) is 0 Å². The zero-order chi connectivity index (χ0) is 21.9. The van der Waals surface area contributed by atoms with E-state index in [1.807, 2.05) is 31.3 Å². The number of nitro groups is 1. The second kappa shape index (κ2) is 9.43. The summed E-state index contributed by atoms with van der Waals surface area (Å²) in [6, 6.07) is 11.7. The average Bonchev–Trinajstić information content (AvgIpc) is 3.18. The third-order valence-electron chi connectivity index (χ3n) is 5.85. The molecule has 0 saturated heterocycles. The first-order valence-electron chi connectivity index (χ1n) is 9.92. The van der Waals surface area contributed by atoms with Crippen LogP contribution < -0.4 is 5.14 Å². The van der Waals surface area contributed by atoms with Crippen molar-refractivity contribution >= 4 is 27.3 Å². The van der Waals surface area contributed by atoms with Crippen molar-refractivity contribution in [3.05, 3.63) is 68.7 Å². The van der Waals surface area contributed by atoms with Crippen LogP contribution in [0.1, 0.15) is 42.7 Å². The number of hydrogen-bond donors (Lipinski definition) is 1. The van der Waals surface area contributed by atoms with Crippen LogP contribution in [0.5, 0.6) is 0 Å². The van der Waals surface area contributed by atoms with E-state index in [2.05, 4.69) is 4.90 Å². The van der Waals surface area contributed by atoms with Gasteiger partial charge in [-0.3, -0.25) is 10.1 Å². The van der Waals surface area contributed by atoms with E-state index in [0.29, 0.717) is 10.6 Å². The molecule has 0 radical (unpaired) electrons. The van der Waals surface area contributed by atoms with E-state index in [0.717, 1.165) is 38.6 Å². The Morgan fingerprint density at radius 3 is 2.53 bits per heavy atom. The van der Waals surface area contributed by atoms with Crippen LogP contribution in [0.2, 0.25) is 5.02 Å². The molecule has 2 atom stereocenters. The molecule has 0 spiro atoms. The molecule has 30 heavy (non-hydrogen) atoms. The molecule has 9 heteroatoms. The van der Waals surface area contributed by atoms with Gasteiger partial charge in [-0.25, -0.2) is 13.6 Å². The van der Waals surface area contributed by atoms with Gasteiger partial charge in [0, 0.05) is 29.1 Å². The number of rotatable bonds is 8. The Bertz CT molecular complexity index is 1010. The SMILES string of the molecule is CN(CCCc1ccc(Cl)cc1)C1CCCC1c1cc([N+](=O)[O-])ccc1S(N)(=O)=O. The molecule has 0 aromatic heterocycles. The summed E-state index contributed by atoms with van der Waals surface area (Å²) in [7, 11) is -1.94. The Balaban J connectivity index is 1.76. The molecule has 1 fully saturated rings. The molecule has 2 aromatic rings. The number of sulfonamides is 1. The van der Waals surface area contributed by atoms with Crippen LogP contribution in [0.25, 0.3) is 0 Å². The molecule has 7 nitrogen and oxygen atoms in total. The van der Waals surface area contributed by atoms with E-state index >= 15 is 0 Å². The van der Waals surface area contributed by atoms with Gasteiger partial charge in [0.05, 0.1) is 9.82 Å². The lowest BCUT2D eigenvalue weighted by molar-refractivity contribution is -0.385. The van der Waals surface area contributed by atoms with Crippen LogP contribution in [-0.2, 0) is 16.4 Å². The first kappa shape index (κ1) is 22.7. The monoisotopic (exact) mass is 451 g/mol. The average molecular weight is 452 g/mol. The summed E-state index contributed by atoms with van der Waals surface area (Å²) in [4.78, 5) is 13.0. The van der Waals surface area contributed by atoms with E-state index in [9.17, 15) is 18.5 Å². The van der Waals surface area contributed by atoms with E-state index in [1.54, 1.807) is 0 Å². The van der Waals surface area contributed by atoms with Gasteiger partial charge >= 0.3 is 0 Å². The molecule has 1 aliphatic carbocycles. The van der Waals surface area contributed by atoms with Gasteiger partial charge < -0.3 is 4.90 Å². The van der Waals surface area contributed by atoms with E-state index < -0.39 is 14.9 Å². The van der Waals surface area contributed by atoms with E-state index in [-0.39, 0.29) is 22.5 Å². The van der Waals surface area contributed by atoms with Crippen molar-refractivity contribution in [2.45, 2.75) is 49.0 Å². The minimum absolute atomic E-state index is 0.0143. The highest BCUT2D eigenvalue weighted by Crippen LogP contribution is 2.41. The number of primary sulfonamides is 1. The Kier molecular flexibility index (Phi) is 7.13. The second-order valence-corrected chi connectivity index (χ2v) is 9.81. The van der Waals surface area contributed by atoms with Crippen LogP contribution in [-0.4, -0.2) is 37.9 Å². The van der Waals surface area contributed by atoms with Crippen molar-refractivity contribution in [2.75, 3.05) is 13.6 Å². The van der Waals surface area contributed by atoms with Crippen LogP contribution in [0.15, 0.2) is 47.4 Å². The Morgan fingerprint density at radius 1 is 1.20 bits per heavy atom. The number of non-ortho nitro benzene ring substituents is 1. The molecular formula is C21H26ClN3O4S. The minimum Gasteiger partial charge on any atom is -0.303 e. The Hall–Kier alpha value is -2.00. The molecule has 2 unspecified atom stereocenters. The largest absolute Gasteiger partial charge is 0.303 e. The van der Waals surface area contributed by atoms with Gasteiger partial charge in [-0.05, 0) is 68.6 Å². The molecule has 0 bridgehead atoms. The zero-order valence-corrected chi connectivity index (χ0v) is 18.4. The van der Waals surface area contributed by atoms with Crippen molar-refractivity contribution in [2.24, 2.45) is 5.14 Å². The van der Waals surface area contributed by atoms with E-state index in [4.69, 9.17) is 16.7 Å². The highest BCUT2D eigenvalue weighted by molar-refractivity contribution is 7.89. The summed E-state index contributed by atoms with van der Waals surface area (Å²) in [5.41, 5.74) is 1.55. The summed E-state index contributed by atoms with van der Waals surface area (Å²) < 4.78 is 24.2. The molecule has 2 N–H and O–H groups in total. The molecule has 3 rings (SSSR count). The third-order valence-corrected chi connectivity index (χ3v) is 7.08. The highest BCUT2D eigenvalue weighted by Gasteiger charge is 2.35. The summed E-state index contributed by atoms with van der Waals surface area (Å²) in [5.74, 6) is -0.112. The zero-order valence-electron chi connectivity index (χ0n) is 16.8. The van der Waals surface area contributed by atoms with E-state index in [1.165, 1.54) is 23.8 Å². The number of likely N-dealkylation sites (N-methyl/N-ethyl adjacent to an activating group) is 1. The molecule has 0 amide bonds. The number of benzene rings is 2.